The number of benzene rings is 1. The third kappa shape index (κ3) is 3.16. The van der Waals surface area contributed by atoms with Crippen LogP contribution in [0.5, 0.6) is 5.75 Å². The van der Waals surface area contributed by atoms with Gasteiger partial charge < -0.3 is 9.58 Å². The Balaban J connectivity index is 2.59. The van der Waals surface area contributed by atoms with Crippen molar-refractivity contribution in [1.82, 2.24) is 0 Å². The van der Waals surface area contributed by atoms with Gasteiger partial charge in [-0.1, -0.05) is 12.1 Å². The molecule has 2 heteroatoms. The van der Waals surface area contributed by atoms with Crippen molar-refractivity contribution in [3.8, 4) is 5.75 Å². The van der Waals surface area contributed by atoms with Crippen LogP contribution in [0, 0.1) is 13.5 Å². The first-order chi connectivity index (χ1) is 6.22. The van der Waals surface area contributed by atoms with Crippen molar-refractivity contribution in [3.05, 3.63) is 41.2 Å². The van der Waals surface area contributed by atoms with Crippen molar-refractivity contribution >= 4 is 0 Å². The van der Waals surface area contributed by atoms with E-state index in [-0.39, 0.29) is 6.10 Å². The second kappa shape index (κ2) is 4.51. The lowest BCUT2D eigenvalue weighted by atomic mass is 10.2. The molecule has 0 aromatic heterocycles. The highest BCUT2D eigenvalue weighted by atomic mass is 16.5. The molecule has 0 radical (unpaired) electrons. The number of hydrogen-bond donors (Lipinski definition) is 0. The highest BCUT2D eigenvalue weighted by Gasteiger charge is 2.05. The van der Waals surface area contributed by atoms with Crippen LogP contribution >= 0.6 is 0 Å². The number of rotatable bonds is 3. The van der Waals surface area contributed by atoms with Gasteiger partial charge in [0.05, 0.1) is 0 Å². The molecule has 0 aliphatic carbocycles. The highest BCUT2D eigenvalue weighted by molar-refractivity contribution is 5.27. The van der Waals surface area contributed by atoms with Crippen molar-refractivity contribution in [2.24, 2.45) is 0 Å². The smallest absolute Gasteiger partial charge is 0.250 e. The first-order valence-electron chi connectivity index (χ1n) is 4.29. The Bertz CT molecular complexity index is 314. The molecule has 0 spiro atoms. The molecular weight excluding hydrogens is 162 g/mol. The largest absolute Gasteiger partial charge is 0.483 e. The topological polar surface area (TPSA) is 13.6 Å². The third-order valence-electron chi connectivity index (χ3n) is 1.68. The normalized spacial score (nSPS) is 11.8. The predicted octanol–water partition coefficient (Wildman–Crippen LogP) is 2.68. The van der Waals surface area contributed by atoms with E-state index in [4.69, 9.17) is 11.3 Å². The van der Waals surface area contributed by atoms with Crippen molar-refractivity contribution in [1.29, 1.82) is 0 Å². The molecule has 0 amide bonds. The van der Waals surface area contributed by atoms with E-state index in [0.29, 0.717) is 6.54 Å². The molecule has 68 valence electrons. The fourth-order valence-electron chi connectivity index (χ4n) is 1.09. The van der Waals surface area contributed by atoms with Crippen LogP contribution in [0.1, 0.15) is 12.5 Å². The van der Waals surface area contributed by atoms with Gasteiger partial charge in [0.1, 0.15) is 5.75 Å². The van der Waals surface area contributed by atoms with E-state index in [1.54, 1.807) is 0 Å². The van der Waals surface area contributed by atoms with Crippen LogP contribution < -0.4 is 4.74 Å². The molecule has 2 nitrogen and oxygen atoms in total. The second-order valence-corrected chi connectivity index (χ2v) is 3.09. The molecule has 1 aromatic rings. The van der Waals surface area contributed by atoms with Gasteiger partial charge in [-0.15, -0.1) is 0 Å². The van der Waals surface area contributed by atoms with Crippen LogP contribution in [0.25, 0.3) is 4.85 Å². The summed E-state index contributed by atoms with van der Waals surface area (Å²) in [6, 6.07) is 7.86. The Hall–Kier alpha value is -1.49. The maximum atomic E-state index is 6.69. The molecule has 1 atom stereocenters. The molecule has 0 N–H and O–H groups in total. The van der Waals surface area contributed by atoms with Gasteiger partial charge in [0, 0.05) is 0 Å². The molecule has 1 aromatic carbocycles. The van der Waals surface area contributed by atoms with Gasteiger partial charge in [0.15, 0.2) is 6.10 Å². The minimum Gasteiger partial charge on any atom is -0.483 e. The summed E-state index contributed by atoms with van der Waals surface area (Å²) in [4.78, 5) is 3.28. The highest BCUT2D eigenvalue weighted by Crippen LogP contribution is 2.13. The standard InChI is InChI=1S/C11H13NO/c1-9-5-4-6-11(7-9)13-10(2)8-12-3/h4-7,10H,8H2,1-2H3. The summed E-state index contributed by atoms with van der Waals surface area (Å²) in [5.74, 6) is 0.844. The average molecular weight is 175 g/mol. The van der Waals surface area contributed by atoms with E-state index in [1.165, 1.54) is 5.56 Å². The predicted molar refractivity (Wildman–Crippen MR) is 52.7 cm³/mol. The number of nitrogens with zero attached hydrogens (tertiary/aromatic N) is 1. The summed E-state index contributed by atoms with van der Waals surface area (Å²) in [6.45, 7) is 11.0. The fourth-order valence-corrected chi connectivity index (χ4v) is 1.09. The second-order valence-electron chi connectivity index (χ2n) is 3.09. The summed E-state index contributed by atoms with van der Waals surface area (Å²) in [5.41, 5.74) is 1.17. The van der Waals surface area contributed by atoms with E-state index < -0.39 is 0 Å². The van der Waals surface area contributed by atoms with Gasteiger partial charge in [0.25, 0.3) is 6.54 Å². The van der Waals surface area contributed by atoms with Crippen LogP contribution in [0.2, 0.25) is 0 Å². The monoisotopic (exact) mass is 175 g/mol. The van der Waals surface area contributed by atoms with Crippen LogP contribution in [-0.2, 0) is 0 Å². The zero-order chi connectivity index (χ0) is 9.68. The van der Waals surface area contributed by atoms with Gasteiger partial charge in [-0.3, -0.25) is 0 Å². The van der Waals surface area contributed by atoms with Crippen molar-refractivity contribution in [2.45, 2.75) is 20.0 Å². The third-order valence-corrected chi connectivity index (χ3v) is 1.68. The Labute approximate surface area is 79.0 Å². The molecule has 1 rings (SSSR count). The molecule has 0 aliphatic rings. The Morgan fingerprint density at radius 3 is 2.92 bits per heavy atom. The van der Waals surface area contributed by atoms with E-state index in [9.17, 15) is 0 Å². The summed E-state index contributed by atoms with van der Waals surface area (Å²) in [6.07, 6.45) is -0.0284. The van der Waals surface area contributed by atoms with Gasteiger partial charge in [-0.25, -0.2) is 6.57 Å². The lowest BCUT2D eigenvalue weighted by molar-refractivity contribution is 0.238. The summed E-state index contributed by atoms with van der Waals surface area (Å²) in [7, 11) is 0. The molecule has 0 saturated heterocycles. The minimum absolute atomic E-state index is 0.0284. The maximum Gasteiger partial charge on any atom is 0.250 e. The van der Waals surface area contributed by atoms with Crippen molar-refractivity contribution < 1.29 is 4.74 Å². The molecule has 13 heavy (non-hydrogen) atoms. The van der Waals surface area contributed by atoms with Crippen LogP contribution in [0.15, 0.2) is 24.3 Å². The zero-order valence-corrected chi connectivity index (χ0v) is 7.95. The molecule has 0 aliphatic heterocycles. The lowest BCUT2D eigenvalue weighted by Gasteiger charge is -2.09. The van der Waals surface area contributed by atoms with Gasteiger partial charge >= 0.3 is 0 Å². The van der Waals surface area contributed by atoms with Crippen molar-refractivity contribution in [2.75, 3.05) is 6.54 Å². The number of hydrogen-bond acceptors (Lipinski definition) is 1. The Morgan fingerprint density at radius 1 is 1.54 bits per heavy atom. The average Bonchev–Trinajstić information content (AvgIpc) is 2.04. The zero-order valence-electron chi connectivity index (χ0n) is 7.95. The van der Waals surface area contributed by atoms with E-state index >= 15 is 0 Å². The Kier molecular flexibility index (Phi) is 3.33. The SMILES string of the molecule is [C-]#[N+]CC(C)Oc1cccc(C)c1. The summed E-state index contributed by atoms with van der Waals surface area (Å²) >= 11 is 0. The van der Waals surface area contributed by atoms with E-state index in [2.05, 4.69) is 4.85 Å². The van der Waals surface area contributed by atoms with Gasteiger partial charge in [0.2, 0.25) is 0 Å². The summed E-state index contributed by atoms with van der Waals surface area (Å²) in [5, 5.41) is 0. The first kappa shape index (κ1) is 9.60. The van der Waals surface area contributed by atoms with Gasteiger partial charge in [-0.2, -0.15) is 0 Å². The molecule has 0 fully saturated rings. The van der Waals surface area contributed by atoms with Gasteiger partial charge in [-0.05, 0) is 31.5 Å². The van der Waals surface area contributed by atoms with E-state index in [0.717, 1.165) is 5.75 Å². The number of ether oxygens (including phenoxy) is 1. The quantitative estimate of drug-likeness (QED) is 0.644. The minimum atomic E-state index is -0.0284. The molecule has 0 heterocycles. The van der Waals surface area contributed by atoms with Crippen LogP contribution in [-0.4, -0.2) is 12.6 Å². The summed E-state index contributed by atoms with van der Waals surface area (Å²) < 4.78 is 5.52. The molecular formula is C11H13NO. The fraction of sp³-hybridized carbons (Fsp3) is 0.364. The van der Waals surface area contributed by atoms with E-state index in [1.807, 2.05) is 38.1 Å². The number of aryl methyl sites for hydroxylation is 1. The van der Waals surface area contributed by atoms with Crippen LogP contribution in [0.3, 0.4) is 0 Å². The molecule has 0 bridgehead atoms. The first-order valence-corrected chi connectivity index (χ1v) is 4.29. The Morgan fingerprint density at radius 2 is 2.31 bits per heavy atom. The lowest BCUT2D eigenvalue weighted by Crippen LogP contribution is -2.14. The maximum absolute atomic E-state index is 6.69. The molecule has 0 saturated carbocycles. The van der Waals surface area contributed by atoms with Crippen molar-refractivity contribution in [3.63, 3.8) is 0 Å². The molecule has 1 unspecified atom stereocenters. The van der Waals surface area contributed by atoms with Crippen LogP contribution in [0.4, 0.5) is 0 Å².